The van der Waals surface area contributed by atoms with Crippen LogP contribution in [0.15, 0.2) is 12.3 Å². The average molecular weight is 186 g/mol. The molecule has 0 spiro atoms. The van der Waals surface area contributed by atoms with E-state index in [1.165, 1.54) is 11.5 Å². The van der Waals surface area contributed by atoms with Gasteiger partial charge in [-0.1, -0.05) is 0 Å². The first-order valence-electron chi connectivity index (χ1n) is 3.44. The summed E-state index contributed by atoms with van der Waals surface area (Å²) in [5.74, 6) is -0.895. The van der Waals surface area contributed by atoms with Gasteiger partial charge >= 0.3 is 5.97 Å². The van der Waals surface area contributed by atoms with Crippen LogP contribution < -0.4 is 5.73 Å². The molecule has 0 fully saturated rings. The Morgan fingerprint density at radius 3 is 3.00 bits per heavy atom. The highest BCUT2D eigenvalue weighted by atomic mass is 32.1. The van der Waals surface area contributed by atoms with E-state index < -0.39 is 11.5 Å². The number of nitrogens with zero attached hydrogens (tertiary/aromatic N) is 1. The number of aromatic nitrogens is 1. The summed E-state index contributed by atoms with van der Waals surface area (Å²) in [6, 6.07) is 1.74. The highest BCUT2D eigenvalue weighted by Gasteiger charge is 2.25. The van der Waals surface area contributed by atoms with Crippen LogP contribution in [-0.2, 0) is 10.3 Å². The Hall–Kier alpha value is -0.940. The monoisotopic (exact) mass is 186 g/mol. The molecule has 1 heterocycles. The average Bonchev–Trinajstić information content (AvgIpc) is 2.32. The van der Waals surface area contributed by atoms with E-state index in [9.17, 15) is 4.79 Å². The fraction of sp³-hybridized carbons (Fsp3) is 0.429. The first-order chi connectivity index (χ1) is 5.52. The van der Waals surface area contributed by atoms with E-state index >= 15 is 0 Å². The molecule has 4 nitrogen and oxygen atoms in total. The second-order valence-electron chi connectivity index (χ2n) is 2.86. The summed E-state index contributed by atoms with van der Waals surface area (Å²) in [6.45, 7) is 1.69. The minimum absolute atomic E-state index is 0.0742. The van der Waals surface area contributed by atoms with Crippen molar-refractivity contribution >= 4 is 17.5 Å². The molecular formula is C7H10N2O2S. The highest BCUT2D eigenvalue weighted by Crippen LogP contribution is 2.23. The van der Waals surface area contributed by atoms with Gasteiger partial charge in [0.15, 0.2) is 0 Å². The van der Waals surface area contributed by atoms with Crippen LogP contribution in [0.3, 0.4) is 0 Å². The van der Waals surface area contributed by atoms with Gasteiger partial charge in [-0.25, -0.2) is 4.37 Å². The number of rotatable bonds is 3. The molecule has 0 bridgehead atoms. The van der Waals surface area contributed by atoms with E-state index in [2.05, 4.69) is 4.37 Å². The first-order valence-corrected chi connectivity index (χ1v) is 4.21. The first kappa shape index (κ1) is 9.15. The zero-order valence-electron chi connectivity index (χ0n) is 6.65. The topological polar surface area (TPSA) is 76.2 Å². The molecule has 0 aliphatic rings. The highest BCUT2D eigenvalue weighted by molar-refractivity contribution is 7.05. The second-order valence-corrected chi connectivity index (χ2v) is 3.70. The SMILES string of the molecule is CC(N)(CC(=O)O)c1ccns1. The van der Waals surface area contributed by atoms with Gasteiger partial charge in [-0.2, -0.15) is 0 Å². The summed E-state index contributed by atoms with van der Waals surface area (Å²) in [7, 11) is 0. The van der Waals surface area contributed by atoms with E-state index in [-0.39, 0.29) is 6.42 Å². The van der Waals surface area contributed by atoms with Crippen LogP contribution in [0.1, 0.15) is 18.2 Å². The third-order valence-electron chi connectivity index (χ3n) is 1.52. The Labute approximate surface area is 74.2 Å². The molecule has 0 amide bonds. The van der Waals surface area contributed by atoms with Crippen molar-refractivity contribution < 1.29 is 9.90 Å². The van der Waals surface area contributed by atoms with Crippen LogP contribution in [0.5, 0.6) is 0 Å². The van der Waals surface area contributed by atoms with Crippen LogP contribution >= 0.6 is 11.5 Å². The Morgan fingerprint density at radius 1 is 1.92 bits per heavy atom. The third-order valence-corrected chi connectivity index (χ3v) is 2.55. The van der Waals surface area contributed by atoms with Gasteiger partial charge in [-0.15, -0.1) is 0 Å². The molecule has 3 N–H and O–H groups in total. The smallest absolute Gasteiger partial charge is 0.305 e. The van der Waals surface area contributed by atoms with E-state index in [0.717, 1.165) is 4.88 Å². The van der Waals surface area contributed by atoms with Crippen molar-refractivity contribution in [2.45, 2.75) is 18.9 Å². The van der Waals surface area contributed by atoms with Crippen LogP contribution in [0.25, 0.3) is 0 Å². The van der Waals surface area contributed by atoms with E-state index in [1.807, 2.05) is 0 Å². The Kier molecular flexibility index (Phi) is 2.44. The predicted octanol–water partition coefficient (Wildman–Crippen LogP) is 0.792. The standard InChI is InChI=1S/C7H10N2O2S/c1-7(8,4-6(10)11)5-2-3-9-12-5/h2-3H,4,8H2,1H3,(H,10,11). The summed E-state index contributed by atoms with van der Waals surface area (Å²) in [6.07, 6.45) is 1.54. The molecule has 0 aromatic carbocycles. The predicted molar refractivity (Wildman–Crippen MR) is 45.9 cm³/mol. The summed E-state index contributed by atoms with van der Waals surface area (Å²) >= 11 is 1.23. The summed E-state index contributed by atoms with van der Waals surface area (Å²) in [4.78, 5) is 11.2. The zero-order chi connectivity index (χ0) is 9.19. The number of nitrogens with two attached hydrogens (primary N) is 1. The van der Waals surface area contributed by atoms with Gasteiger partial charge in [0.2, 0.25) is 0 Å². The summed E-state index contributed by atoms with van der Waals surface area (Å²) in [5, 5.41) is 8.55. The van der Waals surface area contributed by atoms with Crippen molar-refractivity contribution in [1.82, 2.24) is 4.37 Å². The lowest BCUT2D eigenvalue weighted by Gasteiger charge is -2.19. The van der Waals surface area contributed by atoms with Gasteiger partial charge < -0.3 is 10.8 Å². The largest absolute Gasteiger partial charge is 0.481 e. The molecule has 0 radical (unpaired) electrons. The van der Waals surface area contributed by atoms with Gasteiger partial charge in [0.05, 0.1) is 12.0 Å². The molecule has 0 saturated carbocycles. The third kappa shape index (κ3) is 2.02. The fourth-order valence-corrected chi connectivity index (χ4v) is 1.55. The van der Waals surface area contributed by atoms with E-state index in [0.29, 0.717) is 0 Å². The normalized spacial score (nSPS) is 15.5. The van der Waals surface area contributed by atoms with Crippen molar-refractivity contribution in [3.63, 3.8) is 0 Å². The molecule has 1 rings (SSSR count). The molecule has 66 valence electrons. The van der Waals surface area contributed by atoms with Gasteiger partial charge in [0.1, 0.15) is 0 Å². The Bertz CT molecular complexity index is 269. The number of carboxylic acid groups (broad SMARTS) is 1. The Morgan fingerprint density at radius 2 is 2.58 bits per heavy atom. The summed E-state index contributed by atoms with van der Waals surface area (Å²) in [5.41, 5.74) is 4.97. The second kappa shape index (κ2) is 3.20. The van der Waals surface area contributed by atoms with Crippen molar-refractivity contribution in [2.75, 3.05) is 0 Å². The number of aliphatic carboxylic acids is 1. The maximum absolute atomic E-state index is 10.4. The van der Waals surface area contributed by atoms with Crippen molar-refractivity contribution in [3.05, 3.63) is 17.1 Å². The lowest BCUT2D eigenvalue weighted by atomic mass is 9.98. The van der Waals surface area contributed by atoms with Gasteiger partial charge in [-0.3, -0.25) is 4.79 Å². The minimum Gasteiger partial charge on any atom is -0.481 e. The molecule has 5 heteroatoms. The van der Waals surface area contributed by atoms with E-state index in [1.54, 1.807) is 19.2 Å². The fourth-order valence-electron chi connectivity index (χ4n) is 0.912. The molecule has 0 saturated heterocycles. The number of carboxylic acids is 1. The van der Waals surface area contributed by atoms with Gasteiger partial charge in [0, 0.05) is 11.1 Å². The molecule has 1 aromatic heterocycles. The van der Waals surface area contributed by atoms with Gasteiger partial charge in [0.25, 0.3) is 0 Å². The minimum atomic E-state index is -0.895. The quantitative estimate of drug-likeness (QED) is 0.731. The van der Waals surface area contributed by atoms with Gasteiger partial charge in [-0.05, 0) is 24.5 Å². The molecule has 12 heavy (non-hydrogen) atoms. The van der Waals surface area contributed by atoms with Crippen LogP contribution in [0.4, 0.5) is 0 Å². The molecular weight excluding hydrogens is 176 g/mol. The molecule has 1 aromatic rings. The molecule has 0 aliphatic carbocycles. The Balaban J connectivity index is 2.79. The van der Waals surface area contributed by atoms with Crippen LogP contribution in [-0.4, -0.2) is 15.4 Å². The molecule has 1 unspecified atom stereocenters. The lowest BCUT2D eigenvalue weighted by Crippen LogP contribution is -2.34. The van der Waals surface area contributed by atoms with Crippen molar-refractivity contribution in [3.8, 4) is 0 Å². The van der Waals surface area contributed by atoms with Crippen molar-refractivity contribution in [2.24, 2.45) is 5.73 Å². The maximum Gasteiger partial charge on any atom is 0.305 e. The zero-order valence-corrected chi connectivity index (χ0v) is 7.47. The van der Waals surface area contributed by atoms with Crippen LogP contribution in [0, 0.1) is 0 Å². The number of hydrogen-bond acceptors (Lipinski definition) is 4. The lowest BCUT2D eigenvalue weighted by molar-refractivity contribution is -0.138. The van der Waals surface area contributed by atoms with Crippen LogP contribution in [0.2, 0.25) is 0 Å². The maximum atomic E-state index is 10.4. The molecule has 0 aliphatic heterocycles. The molecule has 1 atom stereocenters. The van der Waals surface area contributed by atoms with E-state index in [4.69, 9.17) is 10.8 Å². The number of hydrogen-bond donors (Lipinski definition) is 2. The summed E-state index contributed by atoms with van der Waals surface area (Å²) < 4.78 is 3.86. The van der Waals surface area contributed by atoms with Crippen molar-refractivity contribution in [1.29, 1.82) is 0 Å². The number of carbonyl (C=O) groups is 1.